The van der Waals surface area contributed by atoms with Crippen molar-refractivity contribution < 1.29 is 9.53 Å². The Balaban J connectivity index is 1.67. The molecule has 2 N–H and O–H groups in total. The number of fused-ring (bicyclic) bond motifs is 1. The van der Waals surface area contributed by atoms with E-state index in [2.05, 4.69) is 15.0 Å². The zero-order valence-corrected chi connectivity index (χ0v) is 12.6. The summed E-state index contributed by atoms with van der Waals surface area (Å²) in [5.41, 5.74) is 9.28. The molecule has 1 amide bonds. The lowest BCUT2D eigenvalue weighted by Crippen LogP contribution is -2.32. The van der Waals surface area contributed by atoms with Crippen LogP contribution in [0.15, 0.2) is 24.5 Å². The number of hydrogen-bond donors (Lipinski definition) is 1. The topological polar surface area (TPSA) is 94.2 Å². The van der Waals surface area contributed by atoms with Crippen molar-refractivity contribution in [3.05, 3.63) is 35.8 Å². The minimum absolute atomic E-state index is 0.0449. The lowest BCUT2D eigenvalue weighted by molar-refractivity contribution is -0.136. The van der Waals surface area contributed by atoms with Gasteiger partial charge in [-0.05, 0) is 18.6 Å². The molecule has 1 saturated heterocycles. The van der Waals surface area contributed by atoms with E-state index >= 15 is 0 Å². The van der Waals surface area contributed by atoms with E-state index in [1.807, 2.05) is 17.0 Å². The Morgan fingerprint density at radius 3 is 3.00 bits per heavy atom. The van der Waals surface area contributed by atoms with Gasteiger partial charge in [0, 0.05) is 30.1 Å². The summed E-state index contributed by atoms with van der Waals surface area (Å²) in [6.45, 7) is 2.15. The summed E-state index contributed by atoms with van der Waals surface area (Å²) in [6.07, 6.45) is 4.25. The highest BCUT2D eigenvalue weighted by molar-refractivity contribution is 5.80. The average Bonchev–Trinajstić information content (AvgIpc) is 3.23. The van der Waals surface area contributed by atoms with Gasteiger partial charge in [-0.2, -0.15) is 0 Å². The second-order valence-electron chi connectivity index (χ2n) is 5.85. The van der Waals surface area contributed by atoms with E-state index < -0.39 is 0 Å². The Morgan fingerprint density at radius 2 is 2.26 bits per heavy atom. The second-order valence-corrected chi connectivity index (χ2v) is 5.85. The lowest BCUT2D eigenvalue weighted by Gasteiger charge is -2.18. The van der Waals surface area contributed by atoms with Gasteiger partial charge >= 0.3 is 0 Å². The highest BCUT2D eigenvalue weighted by atomic mass is 16.5. The first-order valence-electron chi connectivity index (χ1n) is 7.64. The number of aromatic nitrogens is 3. The van der Waals surface area contributed by atoms with Crippen molar-refractivity contribution in [1.29, 1.82) is 0 Å². The van der Waals surface area contributed by atoms with Gasteiger partial charge in [0.25, 0.3) is 0 Å². The number of amides is 1. The van der Waals surface area contributed by atoms with Crippen LogP contribution in [0.2, 0.25) is 0 Å². The maximum atomic E-state index is 12.6. The molecule has 118 valence electrons. The van der Waals surface area contributed by atoms with Crippen LogP contribution in [0, 0.1) is 5.92 Å². The third-order valence-corrected chi connectivity index (χ3v) is 4.33. The first kappa shape index (κ1) is 14.1. The Kier molecular flexibility index (Phi) is 3.42. The number of nitrogens with zero attached hydrogens (tertiary/aromatic N) is 4. The van der Waals surface area contributed by atoms with Crippen LogP contribution in [0.4, 0.5) is 5.95 Å². The minimum atomic E-state index is -0.0449. The molecule has 0 aromatic carbocycles. The first-order valence-corrected chi connectivity index (χ1v) is 7.64. The summed E-state index contributed by atoms with van der Waals surface area (Å²) in [5.74, 6) is 0.300. The highest BCUT2D eigenvalue weighted by Crippen LogP contribution is 2.32. The molecule has 2 aliphatic rings. The number of ether oxygens (including phenoxy) is 1. The quantitative estimate of drug-likeness (QED) is 0.889. The van der Waals surface area contributed by atoms with Crippen molar-refractivity contribution in [2.24, 2.45) is 5.92 Å². The largest absolute Gasteiger partial charge is 0.381 e. The summed E-state index contributed by atoms with van der Waals surface area (Å²) >= 11 is 0. The summed E-state index contributed by atoms with van der Waals surface area (Å²) < 4.78 is 5.32. The maximum Gasteiger partial charge on any atom is 0.228 e. The van der Waals surface area contributed by atoms with Crippen LogP contribution >= 0.6 is 0 Å². The van der Waals surface area contributed by atoms with Crippen molar-refractivity contribution in [3.63, 3.8) is 0 Å². The van der Waals surface area contributed by atoms with Crippen molar-refractivity contribution in [3.8, 4) is 11.3 Å². The van der Waals surface area contributed by atoms with Gasteiger partial charge in [0.1, 0.15) is 0 Å². The first-order chi connectivity index (χ1) is 11.2. The summed E-state index contributed by atoms with van der Waals surface area (Å²) in [7, 11) is 0. The van der Waals surface area contributed by atoms with Gasteiger partial charge in [-0.15, -0.1) is 0 Å². The molecular formula is C16H17N5O2. The fourth-order valence-electron chi connectivity index (χ4n) is 3.16. The molecule has 0 aliphatic carbocycles. The molecule has 23 heavy (non-hydrogen) atoms. The number of hydrogen-bond acceptors (Lipinski definition) is 6. The van der Waals surface area contributed by atoms with Gasteiger partial charge in [0.2, 0.25) is 11.9 Å². The molecule has 2 aromatic rings. The highest BCUT2D eigenvalue weighted by Gasteiger charge is 2.33. The molecule has 4 heterocycles. The van der Waals surface area contributed by atoms with E-state index in [0.717, 1.165) is 28.9 Å². The summed E-state index contributed by atoms with van der Waals surface area (Å²) in [6, 6.07) is 3.79. The number of nitrogens with two attached hydrogens (primary N) is 1. The van der Waals surface area contributed by atoms with E-state index in [4.69, 9.17) is 10.5 Å². The van der Waals surface area contributed by atoms with Gasteiger partial charge < -0.3 is 15.4 Å². The van der Waals surface area contributed by atoms with Crippen LogP contribution in [-0.4, -0.2) is 39.0 Å². The summed E-state index contributed by atoms with van der Waals surface area (Å²) in [5, 5.41) is 0. The zero-order chi connectivity index (χ0) is 15.8. The maximum absolute atomic E-state index is 12.6. The van der Waals surface area contributed by atoms with Crippen molar-refractivity contribution in [2.75, 3.05) is 18.9 Å². The smallest absolute Gasteiger partial charge is 0.228 e. The van der Waals surface area contributed by atoms with E-state index in [1.54, 1.807) is 12.4 Å². The van der Waals surface area contributed by atoms with Crippen molar-refractivity contribution in [1.82, 2.24) is 19.9 Å². The fraction of sp³-hybridized carbons (Fsp3) is 0.375. The molecule has 7 nitrogen and oxygen atoms in total. The molecule has 1 atom stereocenters. The van der Waals surface area contributed by atoms with Gasteiger partial charge in [-0.3, -0.25) is 9.78 Å². The number of rotatable bonds is 2. The number of nitrogen functional groups attached to an aromatic ring is 1. The SMILES string of the molecule is Nc1nc2c(c(-c3cccnc3)n1)CN(C(=O)[C@H]1CCOC1)C2. The van der Waals surface area contributed by atoms with E-state index in [1.165, 1.54) is 0 Å². The molecule has 2 aliphatic heterocycles. The van der Waals surface area contributed by atoms with Crippen LogP contribution in [0.5, 0.6) is 0 Å². The standard InChI is InChI=1S/C16H17N5O2/c17-16-19-13-8-21(15(22)11-3-5-23-9-11)7-12(13)14(20-16)10-2-1-4-18-6-10/h1-2,4,6,11H,3,5,7-9H2,(H2,17,19,20)/t11-/m0/s1. The number of carbonyl (C=O) groups excluding carboxylic acids is 1. The molecule has 1 fully saturated rings. The molecule has 0 unspecified atom stereocenters. The van der Waals surface area contributed by atoms with Gasteiger partial charge in [-0.25, -0.2) is 9.97 Å². The third-order valence-electron chi connectivity index (χ3n) is 4.33. The molecule has 0 bridgehead atoms. The Hall–Kier alpha value is -2.54. The molecule has 7 heteroatoms. The predicted molar refractivity (Wildman–Crippen MR) is 82.9 cm³/mol. The predicted octanol–water partition coefficient (Wildman–Crippen LogP) is 0.999. The van der Waals surface area contributed by atoms with Crippen molar-refractivity contribution >= 4 is 11.9 Å². The third kappa shape index (κ3) is 2.53. The Labute approximate surface area is 133 Å². The zero-order valence-electron chi connectivity index (χ0n) is 12.6. The molecule has 2 aromatic heterocycles. The molecule has 0 saturated carbocycles. The monoisotopic (exact) mass is 311 g/mol. The van der Waals surface area contributed by atoms with Gasteiger partial charge in [0.05, 0.1) is 37.0 Å². The van der Waals surface area contributed by atoms with Crippen LogP contribution < -0.4 is 5.73 Å². The lowest BCUT2D eigenvalue weighted by atomic mass is 10.1. The number of carbonyl (C=O) groups is 1. The fourth-order valence-corrected chi connectivity index (χ4v) is 3.16. The van der Waals surface area contributed by atoms with Gasteiger partial charge in [0.15, 0.2) is 0 Å². The molecule has 0 spiro atoms. The van der Waals surface area contributed by atoms with Crippen LogP contribution in [0.3, 0.4) is 0 Å². The van der Waals surface area contributed by atoms with Crippen LogP contribution in [0.1, 0.15) is 17.7 Å². The molecular weight excluding hydrogens is 294 g/mol. The molecule has 4 rings (SSSR count). The number of pyridine rings is 1. The van der Waals surface area contributed by atoms with E-state index in [0.29, 0.717) is 26.3 Å². The Bertz CT molecular complexity index is 744. The van der Waals surface area contributed by atoms with E-state index in [-0.39, 0.29) is 17.8 Å². The van der Waals surface area contributed by atoms with E-state index in [9.17, 15) is 4.79 Å². The normalized spacial score (nSPS) is 19.8. The van der Waals surface area contributed by atoms with Crippen molar-refractivity contribution in [2.45, 2.75) is 19.5 Å². The van der Waals surface area contributed by atoms with Crippen LogP contribution in [-0.2, 0) is 22.6 Å². The molecule has 0 radical (unpaired) electrons. The average molecular weight is 311 g/mol. The minimum Gasteiger partial charge on any atom is -0.381 e. The van der Waals surface area contributed by atoms with Gasteiger partial charge in [-0.1, -0.05) is 0 Å². The van der Waals surface area contributed by atoms with Crippen LogP contribution in [0.25, 0.3) is 11.3 Å². The summed E-state index contributed by atoms with van der Waals surface area (Å²) in [4.78, 5) is 27.2. The number of anilines is 1. The second kappa shape index (κ2) is 5.58. The Morgan fingerprint density at radius 1 is 1.35 bits per heavy atom.